The number of nitrogens with one attached hydrogen (secondary N) is 1. The number of piperazine rings is 1. The van der Waals surface area contributed by atoms with Crippen molar-refractivity contribution < 1.29 is 4.74 Å². The highest BCUT2D eigenvalue weighted by Gasteiger charge is 2.44. The van der Waals surface area contributed by atoms with Gasteiger partial charge in [0.1, 0.15) is 0 Å². The molecule has 2 atom stereocenters. The van der Waals surface area contributed by atoms with Gasteiger partial charge in [0, 0.05) is 38.3 Å². The lowest BCUT2D eigenvalue weighted by atomic mass is 9.79. The fraction of sp³-hybridized carbons (Fsp3) is 1.00. The molecular weight excluding hydrogens is 236 g/mol. The standard InChI is InChI=1S/C16H30N2O/c1-13(19-2)11-18-12-16(8-4-3-5-9-16)17-10-15(18)14-6-7-14/h13-15,17H,3-12H2,1-2H3. The average Bonchev–Trinajstić information content (AvgIpc) is 3.24. The summed E-state index contributed by atoms with van der Waals surface area (Å²) in [5.41, 5.74) is 0.428. The molecule has 2 saturated carbocycles. The number of methoxy groups -OCH3 is 1. The molecule has 0 aromatic rings. The highest BCUT2D eigenvalue weighted by molar-refractivity contribution is 5.03. The maximum Gasteiger partial charge on any atom is 0.0670 e. The van der Waals surface area contributed by atoms with Crippen LogP contribution in [-0.2, 0) is 4.74 Å². The van der Waals surface area contributed by atoms with Crippen molar-refractivity contribution in [2.24, 2.45) is 5.92 Å². The third-order valence-electron chi connectivity index (χ3n) is 5.53. The van der Waals surface area contributed by atoms with Crippen LogP contribution in [-0.4, -0.2) is 49.3 Å². The van der Waals surface area contributed by atoms with Crippen molar-refractivity contribution in [3.63, 3.8) is 0 Å². The molecule has 1 N–H and O–H groups in total. The van der Waals surface area contributed by atoms with Gasteiger partial charge in [0.2, 0.25) is 0 Å². The van der Waals surface area contributed by atoms with Crippen LogP contribution in [0.5, 0.6) is 0 Å². The van der Waals surface area contributed by atoms with Gasteiger partial charge in [-0.3, -0.25) is 4.90 Å². The van der Waals surface area contributed by atoms with E-state index < -0.39 is 0 Å². The van der Waals surface area contributed by atoms with Gasteiger partial charge in [-0.1, -0.05) is 19.3 Å². The van der Waals surface area contributed by atoms with Crippen LogP contribution < -0.4 is 5.32 Å². The minimum Gasteiger partial charge on any atom is -0.380 e. The SMILES string of the molecule is COC(C)CN1CC2(CCCCC2)NCC1C1CC1. The molecule has 0 bridgehead atoms. The van der Waals surface area contributed by atoms with E-state index in [1.54, 1.807) is 0 Å². The molecule has 110 valence electrons. The zero-order valence-electron chi connectivity index (χ0n) is 12.7. The van der Waals surface area contributed by atoms with Crippen LogP contribution in [0.25, 0.3) is 0 Å². The summed E-state index contributed by atoms with van der Waals surface area (Å²) in [6.45, 7) is 5.78. The van der Waals surface area contributed by atoms with E-state index >= 15 is 0 Å². The Kier molecular flexibility index (Phi) is 4.16. The monoisotopic (exact) mass is 266 g/mol. The molecule has 2 unspecified atom stereocenters. The van der Waals surface area contributed by atoms with Crippen LogP contribution in [0.4, 0.5) is 0 Å². The lowest BCUT2D eigenvalue weighted by Crippen LogP contribution is -2.66. The molecule has 3 aliphatic rings. The number of nitrogens with zero attached hydrogens (tertiary/aromatic N) is 1. The number of rotatable bonds is 4. The van der Waals surface area contributed by atoms with Gasteiger partial charge in [-0.2, -0.15) is 0 Å². The topological polar surface area (TPSA) is 24.5 Å². The average molecular weight is 266 g/mol. The lowest BCUT2D eigenvalue weighted by Gasteiger charge is -2.50. The van der Waals surface area contributed by atoms with Crippen LogP contribution in [0.1, 0.15) is 51.9 Å². The van der Waals surface area contributed by atoms with E-state index in [1.807, 2.05) is 7.11 Å². The summed E-state index contributed by atoms with van der Waals surface area (Å²) >= 11 is 0. The van der Waals surface area contributed by atoms with Crippen LogP contribution in [0.2, 0.25) is 0 Å². The normalized spacial score (nSPS) is 33.5. The molecule has 2 aliphatic carbocycles. The number of hydrogen-bond donors (Lipinski definition) is 1. The molecule has 3 fully saturated rings. The predicted octanol–water partition coefficient (Wildman–Crippen LogP) is 2.41. The Labute approximate surface area is 118 Å². The summed E-state index contributed by atoms with van der Waals surface area (Å²) < 4.78 is 5.52. The minimum absolute atomic E-state index is 0.361. The molecule has 1 saturated heterocycles. The van der Waals surface area contributed by atoms with Gasteiger partial charge in [0.15, 0.2) is 0 Å². The van der Waals surface area contributed by atoms with Crippen molar-refractivity contribution in [2.45, 2.75) is 69.6 Å². The molecule has 0 aromatic heterocycles. The first-order valence-corrected chi connectivity index (χ1v) is 8.24. The molecule has 3 nitrogen and oxygen atoms in total. The molecule has 0 aromatic carbocycles. The summed E-state index contributed by atoms with van der Waals surface area (Å²) in [5.74, 6) is 0.956. The van der Waals surface area contributed by atoms with Gasteiger partial charge in [-0.15, -0.1) is 0 Å². The second-order valence-electron chi connectivity index (χ2n) is 7.10. The third-order valence-corrected chi connectivity index (χ3v) is 5.53. The van der Waals surface area contributed by atoms with Crippen LogP contribution in [0.15, 0.2) is 0 Å². The molecule has 1 aliphatic heterocycles. The Morgan fingerprint density at radius 2 is 2.00 bits per heavy atom. The van der Waals surface area contributed by atoms with Crippen molar-refractivity contribution in [1.29, 1.82) is 0 Å². The van der Waals surface area contributed by atoms with Gasteiger partial charge >= 0.3 is 0 Å². The second-order valence-corrected chi connectivity index (χ2v) is 7.10. The molecule has 0 radical (unpaired) electrons. The Morgan fingerprint density at radius 3 is 2.63 bits per heavy atom. The summed E-state index contributed by atoms with van der Waals surface area (Å²) in [6, 6.07) is 0.769. The van der Waals surface area contributed by atoms with Crippen molar-refractivity contribution in [3.8, 4) is 0 Å². The first-order valence-electron chi connectivity index (χ1n) is 8.24. The highest BCUT2D eigenvalue weighted by atomic mass is 16.5. The van der Waals surface area contributed by atoms with E-state index in [-0.39, 0.29) is 0 Å². The number of ether oxygens (including phenoxy) is 1. The summed E-state index contributed by atoms with van der Waals surface area (Å²) in [6.07, 6.45) is 10.3. The summed E-state index contributed by atoms with van der Waals surface area (Å²) in [7, 11) is 1.84. The van der Waals surface area contributed by atoms with Crippen molar-refractivity contribution >= 4 is 0 Å². The van der Waals surface area contributed by atoms with Gasteiger partial charge in [0.25, 0.3) is 0 Å². The first-order chi connectivity index (χ1) is 9.22. The second kappa shape index (κ2) is 5.71. The third kappa shape index (κ3) is 3.14. The summed E-state index contributed by atoms with van der Waals surface area (Å²) in [4.78, 5) is 2.76. The minimum atomic E-state index is 0.361. The largest absolute Gasteiger partial charge is 0.380 e. The van der Waals surface area contributed by atoms with E-state index in [0.29, 0.717) is 11.6 Å². The molecule has 0 amide bonds. The maximum atomic E-state index is 5.52. The van der Waals surface area contributed by atoms with E-state index in [9.17, 15) is 0 Å². The molecule has 19 heavy (non-hydrogen) atoms. The fourth-order valence-corrected chi connectivity index (χ4v) is 4.13. The van der Waals surface area contributed by atoms with Crippen molar-refractivity contribution in [3.05, 3.63) is 0 Å². The first kappa shape index (κ1) is 13.8. The van der Waals surface area contributed by atoms with E-state index in [0.717, 1.165) is 18.5 Å². The zero-order chi connectivity index (χ0) is 13.3. The van der Waals surface area contributed by atoms with Gasteiger partial charge in [0.05, 0.1) is 6.10 Å². The molecule has 1 spiro atoms. The van der Waals surface area contributed by atoms with E-state index in [1.165, 1.54) is 58.0 Å². The predicted molar refractivity (Wildman–Crippen MR) is 78.4 cm³/mol. The van der Waals surface area contributed by atoms with E-state index in [4.69, 9.17) is 4.74 Å². The molecule has 3 rings (SSSR count). The van der Waals surface area contributed by atoms with Gasteiger partial charge < -0.3 is 10.1 Å². The van der Waals surface area contributed by atoms with Gasteiger partial charge in [-0.25, -0.2) is 0 Å². The van der Waals surface area contributed by atoms with Crippen LogP contribution in [0, 0.1) is 5.92 Å². The van der Waals surface area contributed by atoms with Crippen LogP contribution >= 0.6 is 0 Å². The van der Waals surface area contributed by atoms with Crippen LogP contribution in [0.3, 0.4) is 0 Å². The molecular formula is C16H30N2O. The van der Waals surface area contributed by atoms with Gasteiger partial charge in [-0.05, 0) is 38.5 Å². The Morgan fingerprint density at radius 1 is 1.26 bits per heavy atom. The Hall–Kier alpha value is -0.120. The van der Waals surface area contributed by atoms with Crippen molar-refractivity contribution in [2.75, 3.05) is 26.7 Å². The quantitative estimate of drug-likeness (QED) is 0.845. The highest BCUT2D eigenvalue weighted by Crippen LogP contribution is 2.40. The zero-order valence-corrected chi connectivity index (χ0v) is 12.7. The van der Waals surface area contributed by atoms with Crippen molar-refractivity contribution in [1.82, 2.24) is 10.2 Å². The van der Waals surface area contributed by atoms with E-state index in [2.05, 4.69) is 17.1 Å². The summed E-state index contributed by atoms with van der Waals surface area (Å²) in [5, 5.41) is 3.94. The number of hydrogen-bond acceptors (Lipinski definition) is 3. The fourth-order valence-electron chi connectivity index (χ4n) is 4.13. The smallest absolute Gasteiger partial charge is 0.0670 e. The lowest BCUT2D eigenvalue weighted by molar-refractivity contribution is 0.00403. The maximum absolute atomic E-state index is 5.52. The molecule has 1 heterocycles. The Bertz CT molecular complexity index is 297. The Balaban J connectivity index is 1.66. The molecule has 3 heteroatoms.